The van der Waals surface area contributed by atoms with E-state index in [0.717, 1.165) is 5.56 Å². The van der Waals surface area contributed by atoms with Gasteiger partial charge in [-0.05, 0) is 31.4 Å². The normalized spacial score (nSPS) is 12.4. The van der Waals surface area contributed by atoms with Crippen LogP contribution < -0.4 is 0 Å². The summed E-state index contributed by atoms with van der Waals surface area (Å²) in [6.07, 6.45) is 1.76. The largest absolute Gasteiger partial charge is 0.260 e. The van der Waals surface area contributed by atoms with Crippen molar-refractivity contribution in [3.8, 4) is 0 Å². The highest BCUT2D eigenvalue weighted by atomic mass is 32.2. The maximum absolute atomic E-state index is 11.7. The summed E-state index contributed by atoms with van der Waals surface area (Å²) >= 11 is 0. The van der Waals surface area contributed by atoms with Crippen molar-refractivity contribution >= 4 is 9.84 Å². The Morgan fingerprint density at radius 3 is 2.19 bits per heavy atom. The van der Waals surface area contributed by atoms with E-state index in [1.807, 2.05) is 6.07 Å². The van der Waals surface area contributed by atoms with Gasteiger partial charge in [-0.1, -0.05) is 19.9 Å². The van der Waals surface area contributed by atoms with Gasteiger partial charge in [0.2, 0.25) is 0 Å². The van der Waals surface area contributed by atoms with Crippen molar-refractivity contribution in [3.05, 3.63) is 29.6 Å². The lowest BCUT2D eigenvalue weighted by atomic mass is 10.1. The number of pyridine rings is 1. The maximum Gasteiger partial charge on any atom is 0.158 e. The molecule has 0 bridgehead atoms. The molecular formula is C12H19NO2S. The van der Waals surface area contributed by atoms with Crippen LogP contribution in [-0.4, -0.2) is 18.7 Å². The number of hydrogen-bond donors (Lipinski definition) is 0. The molecule has 0 unspecified atom stereocenters. The molecule has 0 atom stereocenters. The molecule has 0 aliphatic heterocycles. The Bertz CT molecular complexity index is 433. The van der Waals surface area contributed by atoms with Gasteiger partial charge >= 0.3 is 0 Å². The highest BCUT2D eigenvalue weighted by Gasteiger charge is 2.17. The predicted octanol–water partition coefficient (Wildman–Crippen LogP) is 2.53. The Labute approximate surface area is 97.8 Å². The van der Waals surface area contributed by atoms with E-state index in [1.54, 1.807) is 26.1 Å². The zero-order chi connectivity index (χ0) is 12.3. The first-order valence-electron chi connectivity index (χ1n) is 5.49. The Hall–Kier alpha value is -0.900. The molecule has 0 saturated heterocycles. The molecule has 90 valence electrons. The summed E-state index contributed by atoms with van der Waals surface area (Å²) in [4.78, 5) is 4.19. The molecule has 1 rings (SSSR count). The number of hydrogen-bond acceptors (Lipinski definition) is 3. The van der Waals surface area contributed by atoms with E-state index >= 15 is 0 Å². The van der Waals surface area contributed by atoms with E-state index < -0.39 is 9.84 Å². The Morgan fingerprint density at radius 2 is 1.81 bits per heavy atom. The monoisotopic (exact) mass is 241 g/mol. The minimum atomic E-state index is -3.05. The quantitative estimate of drug-likeness (QED) is 0.813. The first-order valence-corrected chi connectivity index (χ1v) is 7.21. The van der Waals surface area contributed by atoms with Crippen molar-refractivity contribution in [2.24, 2.45) is 0 Å². The second-order valence-corrected chi connectivity index (χ2v) is 7.15. The summed E-state index contributed by atoms with van der Waals surface area (Å²) in [5.74, 6) is 0.450. The lowest BCUT2D eigenvalue weighted by Gasteiger charge is -2.08. The summed E-state index contributed by atoms with van der Waals surface area (Å²) in [5.41, 5.74) is 1.75. The van der Waals surface area contributed by atoms with Gasteiger partial charge in [-0.15, -0.1) is 0 Å². The molecule has 0 N–H and O–H groups in total. The Kier molecular flexibility index (Phi) is 4.08. The number of rotatable bonds is 4. The second-order valence-electron chi connectivity index (χ2n) is 4.59. The average molecular weight is 241 g/mol. The second kappa shape index (κ2) is 4.95. The molecule has 0 saturated carbocycles. The van der Waals surface area contributed by atoms with E-state index in [0.29, 0.717) is 11.6 Å². The number of nitrogens with zero attached hydrogens (tertiary/aromatic N) is 1. The van der Waals surface area contributed by atoms with Gasteiger partial charge in [-0.3, -0.25) is 4.98 Å². The standard InChI is InChI=1S/C12H19NO2S/c1-9(2)11-5-6-12(13-7-11)8-16(14,15)10(3)4/h5-7,9-10H,8H2,1-4H3. The smallest absolute Gasteiger partial charge is 0.158 e. The SMILES string of the molecule is CC(C)c1ccc(CS(=O)(=O)C(C)C)nc1. The third-order valence-corrected chi connectivity index (χ3v) is 4.72. The molecule has 0 aromatic carbocycles. The van der Waals surface area contributed by atoms with Crippen molar-refractivity contribution < 1.29 is 8.42 Å². The van der Waals surface area contributed by atoms with E-state index in [2.05, 4.69) is 18.8 Å². The van der Waals surface area contributed by atoms with Crippen LogP contribution in [0.2, 0.25) is 0 Å². The van der Waals surface area contributed by atoms with Gasteiger partial charge in [0, 0.05) is 6.20 Å². The van der Waals surface area contributed by atoms with Crippen molar-refractivity contribution in [3.63, 3.8) is 0 Å². The van der Waals surface area contributed by atoms with E-state index in [-0.39, 0.29) is 11.0 Å². The highest BCUT2D eigenvalue weighted by Crippen LogP contribution is 2.14. The maximum atomic E-state index is 11.7. The predicted molar refractivity (Wildman–Crippen MR) is 66.1 cm³/mol. The van der Waals surface area contributed by atoms with Gasteiger partial charge in [0.1, 0.15) is 0 Å². The molecule has 3 nitrogen and oxygen atoms in total. The van der Waals surface area contributed by atoms with Crippen LogP contribution in [0.1, 0.15) is 44.9 Å². The topological polar surface area (TPSA) is 47.0 Å². The van der Waals surface area contributed by atoms with E-state index in [9.17, 15) is 8.42 Å². The molecular weight excluding hydrogens is 222 g/mol. The molecule has 0 amide bonds. The third kappa shape index (κ3) is 3.30. The van der Waals surface area contributed by atoms with Gasteiger partial charge < -0.3 is 0 Å². The number of sulfone groups is 1. The first kappa shape index (κ1) is 13.2. The summed E-state index contributed by atoms with van der Waals surface area (Å²) in [6.45, 7) is 7.55. The van der Waals surface area contributed by atoms with Crippen LogP contribution in [0.4, 0.5) is 0 Å². The first-order chi connectivity index (χ1) is 7.33. The summed E-state index contributed by atoms with van der Waals surface area (Å²) in [6, 6.07) is 3.75. The van der Waals surface area contributed by atoms with Crippen molar-refractivity contribution in [1.29, 1.82) is 0 Å². The fourth-order valence-corrected chi connectivity index (χ4v) is 2.15. The third-order valence-electron chi connectivity index (χ3n) is 2.58. The van der Waals surface area contributed by atoms with Crippen molar-refractivity contribution in [2.45, 2.75) is 44.6 Å². The van der Waals surface area contributed by atoms with Gasteiger partial charge in [-0.25, -0.2) is 8.42 Å². The fraction of sp³-hybridized carbons (Fsp3) is 0.583. The molecule has 0 radical (unpaired) electrons. The summed E-state index contributed by atoms with van der Waals surface area (Å²) in [7, 11) is -3.05. The van der Waals surface area contributed by atoms with Crippen LogP contribution >= 0.6 is 0 Å². The molecule has 1 heterocycles. The van der Waals surface area contributed by atoms with Gasteiger partial charge in [0.25, 0.3) is 0 Å². The van der Waals surface area contributed by atoms with Crippen LogP contribution in [0.15, 0.2) is 18.3 Å². The molecule has 4 heteroatoms. The molecule has 0 spiro atoms. The average Bonchev–Trinajstić information content (AvgIpc) is 2.17. The molecule has 1 aromatic heterocycles. The molecule has 16 heavy (non-hydrogen) atoms. The van der Waals surface area contributed by atoms with Crippen LogP contribution in [-0.2, 0) is 15.6 Å². The summed E-state index contributed by atoms with van der Waals surface area (Å²) in [5, 5.41) is -0.348. The Morgan fingerprint density at radius 1 is 1.19 bits per heavy atom. The van der Waals surface area contributed by atoms with Crippen LogP contribution in [0, 0.1) is 0 Å². The highest BCUT2D eigenvalue weighted by molar-refractivity contribution is 7.91. The van der Waals surface area contributed by atoms with E-state index in [1.165, 1.54) is 0 Å². The van der Waals surface area contributed by atoms with Crippen molar-refractivity contribution in [1.82, 2.24) is 4.98 Å². The molecule has 0 aliphatic carbocycles. The lowest BCUT2D eigenvalue weighted by molar-refractivity contribution is 0.586. The van der Waals surface area contributed by atoms with Crippen LogP contribution in [0.3, 0.4) is 0 Å². The lowest BCUT2D eigenvalue weighted by Crippen LogP contribution is -2.16. The minimum Gasteiger partial charge on any atom is -0.260 e. The Balaban J connectivity index is 2.85. The molecule has 0 fully saturated rings. The van der Waals surface area contributed by atoms with Gasteiger partial charge in [0.15, 0.2) is 9.84 Å². The van der Waals surface area contributed by atoms with Crippen LogP contribution in [0.5, 0.6) is 0 Å². The fourth-order valence-electron chi connectivity index (χ4n) is 1.24. The van der Waals surface area contributed by atoms with Crippen molar-refractivity contribution in [2.75, 3.05) is 0 Å². The van der Waals surface area contributed by atoms with Gasteiger partial charge in [0.05, 0.1) is 16.7 Å². The molecule has 1 aromatic rings. The zero-order valence-electron chi connectivity index (χ0n) is 10.3. The van der Waals surface area contributed by atoms with Crippen LogP contribution in [0.25, 0.3) is 0 Å². The number of aromatic nitrogens is 1. The minimum absolute atomic E-state index is 0.0308. The van der Waals surface area contributed by atoms with E-state index in [4.69, 9.17) is 0 Å². The zero-order valence-corrected chi connectivity index (χ0v) is 11.1. The summed E-state index contributed by atoms with van der Waals surface area (Å²) < 4.78 is 23.4. The molecule has 0 aliphatic rings. The van der Waals surface area contributed by atoms with Gasteiger partial charge in [-0.2, -0.15) is 0 Å².